The van der Waals surface area contributed by atoms with Crippen molar-refractivity contribution in [2.45, 2.75) is 59.8 Å². The Morgan fingerprint density at radius 1 is 1.22 bits per heavy atom. The molecule has 2 aromatic rings. The van der Waals surface area contributed by atoms with Gasteiger partial charge in [0.2, 0.25) is 11.8 Å². The van der Waals surface area contributed by atoms with Crippen LogP contribution in [0.3, 0.4) is 0 Å². The molecule has 0 saturated carbocycles. The normalized spacial score (nSPS) is 16.7. The number of carbonyl (C=O) groups is 1. The molecular formula is C28H40FN5O3. The van der Waals surface area contributed by atoms with E-state index in [-0.39, 0.29) is 5.88 Å². The van der Waals surface area contributed by atoms with Gasteiger partial charge in [0.15, 0.2) is 5.82 Å². The van der Waals surface area contributed by atoms with E-state index in [2.05, 4.69) is 29.4 Å². The summed E-state index contributed by atoms with van der Waals surface area (Å²) in [5.41, 5.74) is 5.92. The number of allylic oxidation sites excluding steroid dienone is 3. The molecule has 8 nitrogen and oxygen atoms in total. The number of ether oxygens (including phenoxy) is 2. The molecule has 0 atom stereocenters. The molecule has 5 heterocycles. The van der Waals surface area contributed by atoms with Crippen LogP contribution in [-0.2, 0) is 22.4 Å². The number of methoxy groups -OCH3 is 1. The number of carbonyl (C=O) groups excluding carboxylic acids is 1. The first-order valence-electron chi connectivity index (χ1n) is 13.3. The lowest BCUT2D eigenvalue weighted by Gasteiger charge is -2.12. The number of amides is 1. The molecule has 202 valence electrons. The minimum atomic E-state index is -0.502. The molecule has 2 aromatic heterocycles. The van der Waals surface area contributed by atoms with Gasteiger partial charge in [-0.2, -0.15) is 5.10 Å². The maximum Gasteiger partial charge on any atom is 0.250 e. The predicted octanol–water partition coefficient (Wildman–Crippen LogP) is 4.47. The third-order valence-corrected chi connectivity index (χ3v) is 6.31. The summed E-state index contributed by atoms with van der Waals surface area (Å²) < 4.78 is 26.5. The number of nitrogens with one attached hydrogen (secondary N) is 1. The fourth-order valence-corrected chi connectivity index (χ4v) is 4.62. The zero-order chi connectivity index (χ0) is 26.8. The van der Waals surface area contributed by atoms with Crippen molar-refractivity contribution in [3.63, 3.8) is 0 Å². The Kier molecular flexibility index (Phi) is 10.7. The van der Waals surface area contributed by atoms with Crippen molar-refractivity contribution in [1.29, 1.82) is 0 Å². The van der Waals surface area contributed by atoms with Crippen molar-refractivity contribution in [3.05, 3.63) is 52.9 Å². The Balaban J connectivity index is 0.000000291. The Morgan fingerprint density at radius 2 is 2.00 bits per heavy atom. The number of pyridine rings is 1. The second-order valence-corrected chi connectivity index (χ2v) is 8.83. The number of fused-ring (bicyclic) bond motifs is 1. The SMILES string of the molecule is CC.CCCN1CCCC1=O.COc1ncc(-n2nc(C3=CCNC(C)=C3)c3c2CCOCC3)cc1F. The van der Waals surface area contributed by atoms with Crippen LogP contribution in [0.1, 0.15) is 63.9 Å². The molecule has 1 amide bonds. The third kappa shape index (κ3) is 6.97. The molecule has 1 N–H and O–H groups in total. The standard InChI is InChI=1S/C19H21FN4O2.C7H13NO.C2H6/c1-12-9-13(3-6-21-12)18-15-4-7-26-8-5-17(15)24(23-18)14-10-16(20)19(25-2)22-11-14;1-2-5-8-6-3-4-7(8)9;1-2/h3,9-11,21H,4-8H2,1-2H3;2-6H2,1H3;1-2H3. The summed E-state index contributed by atoms with van der Waals surface area (Å²) in [6, 6.07) is 1.41. The summed E-state index contributed by atoms with van der Waals surface area (Å²) in [6.07, 6.45) is 10.2. The van der Waals surface area contributed by atoms with Gasteiger partial charge >= 0.3 is 0 Å². The number of hydrogen-bond acceptors (Lipinski definition) is 6. The van der Waals surface area contributed by atoms with Crippen LogP contribution in [0.2, 0.25) is 0 Å². The maximum absolute atomic E-state index is 14.2. The topological polar surface area (TPSA) is 81.5 Å². The molecule has 3 aliphatic rings. The lowest BCUT2D eigenvalue weighted by molar-refractivity contribution is -0.127. The van der Waals surface area contributed by atoms with Crippen molar-refractivity contribution < 1.29 is 18.7 Å². The van der Waals surface area contributed by atoms with Gasteiger partial charge in [0.05, 0.1) is 43.6 Å². The maximum atomic E-state index is 14.2. The summed E-state index contributed by atoms with van der Waals surface area (Å²) in [7, 11) is 1.40. The molecule has 1 saturated heterocycles. The van der Waals surface area contributed by atoms with E-state index in [0.29, 0.717) is 24.8 Å². The molecule has 0 unspecified atom stereocenters. The van der Waals surface area contributed by atoms with Crippen LogP contribution in [0.25, 0.3) is 11.3 Å². The lowest BCUT2D eigenvalue weighted by Crippen LogP contribution is -2.24. The quantitative estimate of drug-likeness (QED) is 0.636. The average molecular weight is 514 g/mol. The number of rotatable bonds is 5. The smallest absolute Gasteiger partial charge is 0.250 e. The van der Waals surface area contributed by atoms with Crippen molar-refractivity contribution >= 4 is 11.5 Å². The van der Waals surface area contributed by atoms with E-state index in [1.165, 1.54) is 13.2 Å². The van der Waals surface area contributed by atoms with Crippen LogP contribution < -0.4 is 10.1 Å². The van der Waals surface area contributed by atoms with E-state index in [1.807, 2.05) is 25.7 Å². The van der Waals surface area contributed by atoms with Gasteiger partial charge in [-0.3, -0.25) is 4.79 Å². The Bertz CT molecular complexity index is 1130. The highest BCUT2D eigenvalue weighted by Crippen LogP contribution is 2.29. The molecule has 0 bridgehead atoms. The van der Waals surface area contributed by atoms with Crippen LogP contribution in [0.5, 0.6) is 5.88 Å². The van der Waals surface area contributed by atoms with E-state index < -0.39 is 5.82 Å². The van der Waals surface area contributed by atoms with Gasteiger partial charge in [-0.25, -0.2) is 14.1 Å². The first kappa shape index (κ1) is 28.4. The Hall–Kier alpha value is -3.20. The number of likely N-dealkylation sites (tertiary alicyclic amines) is 1. The van der Waals surface area contributed by atoms with Gasteiger partial charge in [0.25, 0.3) is 0 Å². The van der Waals surface area contributed by atoms with E-state index >= 15 is 0 Å². The van der Waals surface area contributed by atoms with Crippen molar-refractivity contribution in [2.24, 2.45) is 0 Å². The lowest BCUT2D eigenvalue weighted by atomic mass is 10.0. The van der Waals surface area contributed by atoms with Gasteiger partial charge in [0, 0.05) is 55.4 Å². The Morgan fingerprint density at radius 3 is 2.65 bits per heavy atom. The van der Waals surface area contributed by atoms with Crippen molar-refractivity contribution in [3.8, 4) is 11.6 Å². The summed E-state index contributed by atoms with van der Waals surface area (Å²) in [5.74, 6) is -0.176. The number of halogens is 1. The molecule has 0 radical (unpaired) electrons. The van der Waals surface area contributed by atoms with Gasteiger partial charge in [0.1, 0.15) is 0 Å². The Labute approximate surface area is 219 Å². The molecule has 0 aliphatic carbocycles. The minimum Gasteiger partial charge on any atom is -0.479 e. The van der Waals surface area contributed by atoms with E-state index in [0.717, 1.165) is 80.0 Å². The zero-order valence-electron chi connectivity index (χ0n) is 22.8. The van der Waals surface area contributed by atoms with Gasteiger partial charge in [-0.05, 0) is 32.3 Å². The van der Waals surface area contributed by atoms with E-state index in [4.69, 9.17) is 14.6 Å². The molecule has 3 aliphatic heterocycles. The molecular weight excluding hydrogens is 473 g/mol. The minimum absolute atomic E-state index is 0.0184. The molecule has 1 fully saturated rings. The predicted molar refractivity (Wildman–Crippen MR) is 143 cm³/mol. The van der Waals surface area contributed by atoms with E-state index in [9.17, 15) is 9.18 Å². The number of aromatic nitrogens is 3. The van der Waals surface area contributed by atoms with Crippen molar-refractivity contribution in [2.75, 3.05) is 40.0 Å². The molecule has 9 heteroatoms. The fraction of sp³-hybridized carbons (Fsp3) is 0.536. The van der Waals surface area contributed by atoms with Gasteiger partial charge in [-0.1, -0.05) is 26.8 Å². The summed E-state index contributed by atoms with van der Waals surface area (Å²) in [6.45, 7) is 12.1. The second kappa shape index (κ2) is 13.9. The first-order valence-corrected chi connectivity index (χ1v) is 13.3. The molecule has 37 heavy (non-hydrogen) atoms. The summed E-state index contributed by atoms with van der Waals surface area (Å²) >= 11 is 0. The summed E-state index contributed by atoms with van der Waals surface area (Å²) in [4.78, 5) is 16.9. The highest BCUT2D eigenvalue weighted by molar-refractivity contribution is 5.78. The molecule has 0 spiro atoms. The van der Waals surface area contributed by atoms with Crippen LogP contribution >= 0.6 is 0 Å². The van der Waals surface area contributed by atoms with Gasteiger partial charge in [-0.15, -0.1) is 0 Å². The highest BCUT2D eigenvalue weighted by Gasteiger charge is 2.24. The molecule has 0 aromatic carbocycles. The number of nitrogens with zero attached hydrogens (tertiary/aromatic N) is 4. The molecule has 5 rings (SSSR count). The highest BCUT2D eigenvalue weighted by atomic mass is 19.1. The van der Waals surface area contributed by atoms with Crippen LogP contribution in [-0.4, -0.2) is 65.5 Å². The second-order valence-electron chi connectivity index (χ2n) is 8.83. The van der Waals surface area contributed by atoms with E-state index in [1.54, 1.807) is 10.9 Å². The van der Waals surface area contributed by atoms with Crippen LogP contribution in [0.15, 0.2) is 30.1 Å². The van der Waals surface area contributed by atoms with Crippen LogP contribution in [0.4, 0.5) is 4.39 Å². The third-order valence-electron chi connectivity index (χ3n) is 6.31. The first-order chi connectivity index (χ1) is 18.0. The van der Waals surface area contributed by atoms with Crippen LogP contribution in [0, 0.1) is 5.82 Å². The van der Waals surface area contributed by atoms with Crippen molar-refractivity contribution in [1.82, 2.24) is 25.0 Å². The largest absolute Gasteiger partial charge is 0.479 e. The average Bonchev–Trinajstić information content (AvgIpc) is 3.39. The summed E-state index contributed by atoms with van der Waals surface area (Å²) in [5, 5.41) is 8.12. The number of dihydropyridines is 1. The van der Waals surface area contributed by atoms with Gasteiger partial charge < -0.3 is 19.7 Å². The number of hydrogen-bond donors (Lipinski definition) is 1. The fourth-order valence-electron chi connectivity index (χ4n) is 4.62. The zero-order valence-corrected chi connectivity index (χ0v) is 22.8. The monoisotopic (exact) mass is 513 g/mol.